The summed E-state index contributed by atoms with van der Waals surface area (Å²) in [4.78, 5) is 0. The van der Waals surface area contributed by atoms with Gasteiger partial charge in [-0.05, 0) is 26.2 Å². The minimum absolute atomic E-state index is 0.170. The van der Waals surface area contributed by atoms with Crippen LogP contribution < -0.4 is 0 Å². The molecule has 21 heavy (non-hydrogen) atoms. The maximum atomic E-state index is 5.63. The predicted octanol–water partition coefficient (Wildman–Crippen LogP) is 5.79. The first-order valence-electron chi connectivity index (χ1n) is 8.29. The Morgan fingerprint density at radius 2 is 1.43 bits per heavy atom. The van der Waals surface area contributed by atoms with Crippen LogP contribution in [0.15, 0.2) is 0 Å². The molecule has 0 amide bonds. The first kappa shape index (κ1) is 20.0. The molecule has 116 valence electrons. The van der Waals surface area contributed by atoms with Crippen LogP contribution in [0.1, 0.15) is 78.1 Å². The van der Waals surface area contributed by atoms with Crippen molar-refractivity contribution in [3.8, 4) is 35.5 Å². The van der Waals surface area contributed by atoms with Gasteiger partial charge < -0.3 is 0 Å². The molecule has 1 heteroatoms. The molecule has 0 saturated carbocycles. The second-order valence-corrected chi connectivity index (χ2v) is 5.58. The van der Waals surface area contributed by atoms with Crippen molar-refractivity contribution in [1.29, 1.82) is 0 Å². The lowest BCUT2D eigenvalue weighted by atomic mass is 10.1. The zero-order valence-electron chi connectivity index (χ0n) is 13.7. The molecule has 0 aromatic heterocycles. The van der Waals surface area contributed by atoms with Gasteiger partial charge in [0, 0.05) is 18.7 Å². The Bertz CT molecular complexity index is 402. The number of rotatable bonds is 8. The lowest BCUT2D eigenvalue weighted by Gasteiger charge is -1.93. The van der Waals surface area contributed by atoms with Crippen molar-refractivity contribution in [3.63, 3.8) is 0 Å². The summed E-state index contributed by atoms with van der Waals surface area (Å²) in [5.74, 6) is 19.9. The second kappa shape index (κ2) is 17.0. The van der Waals surface area contributed by atoms with Crippen molar-refractivity contribution in [1.82, 2.24) is 0 Å². The highest BCUT2D eigenvalue weighted by molar-refractivity contribution is 6.17. The molecule has 1 atom stereocenters. The largest absolute Gasteiger partial charge is 0.127 e. The van der Waals surface area contributed by atoms with E-state index < -0.39 is 0 Å². The van der Waals surface area contributed by atoms with E-state index in [1.165, 1.54) is 38.5 Å². The van der Waals surface area contributed by atoms with Crippen LogP contribution in [-0.4, -0.2) is 5.88 Å². The van der Waals surface area contributed by atoms with Gasteiger partial charge in [-0.25, -0.2) is 0 Å². The fourth-order valence-corrected chi connectivity index (χ4v) is 1.97. The molecule has 0 aliphatic rings. The summed E-state index contributed by atoms with van der Waals surface area (Å²) in [6, 6.07) is 0. The fraction of sp³-hybridized carbons (Fsp3) is 0.700. The third-order valence-corrected chi connectivity index (χ3v) is 3.30. The van der Waals surface area contributed by atoms with E-state index >= 15 is 0 Å². The SMILES string of the molecule is CCCCCC#CC(C)C#CCC#CCCCCCCCl. The van der Waals surface area contributed by atoms with Gasteiger partial charge in [0.25, 0.3) is 0 Å². The summed E-state index contributed by atoms with van der Waals surface area (Å²) >= 11 is 5.63. The molecule has 0 aliphatic carbocycles. The molecule has 0 radical (unpaired) electrons. The van der Waals surface area contributed by atoms with Crippen LogP contribution in [0.25, 0.3) is 0 Å². The van der Waals surface area contributed by atoms with Crippen LogP contribution in [0.3, 0.4) is 0 Å². The zero-order chi connectivity index (χ0) is 15.6. The third-order valence-electron chi connectivity index (χ3n) is 3.03. The molecule has 0 heterocycles. The summed E-state index contributed by atoms with van der Waals surface area (Å²) in [7, 11) is 0. The van der Waals surface area contributed by atoms with Crippen molar-refractivity contribution in [2.75, 3.05) is 5.88 Å². The highest BCUT2D eigenvalue weighted by Gasteiger charge is 1.88. The Labute approximate surface area is 137 Å². The molecule has 1 unspecified atom stereocenters. The average molecular weight is 305 g/mol. The zero-order valence-corrected chi connectivity index (χ0v) is 14.5. The lowest BCUT2D eigenvalue weighted by molar-refractivity contribution is 0.682. The van der Waals surface area contributed by atoms with E-state index in [0.29, 0.717) is 6.42 Å². The molecule has 0 aromatic carbocycles. The summed E-state index contributed by atoms with van der Waals surface area (Å²) < 4.78 is 0. The van der Waals surface area contributed by atoms with E-state index in [2.05, 4.69) is 49.4 Å². The third kappa shape index (κ3) is 16.9. The average Bonchev–Trinajstić information content (AvgIpc) is 2.49. The standard InChI is InChI=1S/C20H29Cl/c1-3-4-5-11-14-17-20(2)18-15-12-9-7-6-8-10-13-16-19-21/h20H,3-6,8,10-13,16,19H2,1-2H3. The van der Waals surface area contributed by atoms with Gasteiger partial charge in [-0.15, -0.1) is 23.4 Å². The van der Waals surface area contributed by atoms with Crippen molar-refractivity contribution in [3.05, 3.63) is 0 Å². The van der Waals surface area contributed by atoms with Gasteiger partial charge in [0.15, 0.2) is 0 Å². The normalized spacial score (nSPS) is 10.4. The molecular formula is C20H29Cl. The molecule has 0 bridgehead atoms. The van der Waals surface area contributed by atoms with Gasteiger partial charge in [0.2, 0.25) is 0 Å². The Hall–Kier alpha value is -1.03. The van der Waals surface area contributed by atoms with Crippen LogP contribution in [0.5, 0.6) is 0 Å². The molecule has 0 nitrogen and oxygen atoms in total. The summed E-state index contributed by atoms with van der Waals surface area (Å²) in [6.07, 6.45) is 11.1. The summed E-state index contributed by atoms with van der Waals surface area (Å²) in [6.45, 7) is 4.27. The van der Waals surface area contributed by atoms with E-state index in [4.69, 9.17) is 11.6 Å². The smallest absolute Gasteiger partial charge is 0.0783 e. The molecular weight excluding hydrogens is 276 g/mol. The first-order chi connectivity index (χ1) is 10.3. The first-order valence-corrected chi connectivity index (χ1v) is 8.83. The van der Waals surface area contributed by atoms with Crippen LogP contribution in [-0.2, 0) is 0 Å². The van der Waals surface area contributed by atoms with Gasteiger partial charge in [0.1, 0.15) is 0 Å². The molecule has 0 saturated heterocycles. The highest BCUT2D eigenvalue weighted by atomic mass is 35.5. The van der Waals surface area contributed by atoms with Gasteiger partial charge in [-0.2, -0.15) is 0 Å². The summed E-state index contributed by atoms with van der Waals surface area (Å²) in [5.41, 5.74) is 0. The van der Waals surface area contributed by atoms with Crippen LogP contribution in [0.2, 0.25) is 0 Å². The topological polar surface area (TPSA) is 0 Å². The van der Waals surface area contributed by atoms with E-state index in [9.17, 15) is 0 Å². The molecule has 0 aliphatic heterocycles. The minimum Gasteiger partial charge on any atom is -0.127 e. The van der Waals surface area contributed by atoms with Gasteiger partial charge in [-0.3, -0.25) is 0 Å². The quantitative estimate of drug-likeness (QED) is 0.302. The maximum Gasteiger partial charge on any atom is 0.0783 e. The number of unbranched alkanes of at least 4 members (excludes halogenated alkanes) is 7. The van der Waals surface area contributed by atoms with Crippen molar-refractivity contribution < 1.29 is 0 Å². The van der Waals surface area contributed by atoms with Crippen molar-refractivity contribution in [2.24, 2.45) is 5.92 Å². The number of hydrogen-bond donors (Lipinski definition) is 0. The van der Waals surface area contributed by atoms with Crippen molar-refractivity contribution >= 4 is 11.6 Å². The van der Waals surface area contributed by atoms with Gasteiger partial charge >= 0.3 is 0 Å². The Morgan fingerprint density at radius 3 is 2.19 bits per heavy atom. The molecule has 0 spiro atoms. The second-order valence-electron chi connectivity index (χ2n) is 5.20. The van der Waals surface area contributed by atoms with Crippen LogP contribution in [0, 0.1) is 41.4 Å². The molecule has 0 aromatic rings. The van der Waals surface area contributed by atoms with E-state index in [1.807, 2.05) is 0 Å². The molecule has 0 N–H and O–H groups in total. The van der Waals surface area contributed by atoms with Crippen LogP contribution >= 0.6 is 11.6 Å². The number of hydrogen-bond acceptors (Lipinski definition) is 0. The molecule has 0 fully saturated rings. The fourth-order valence-electron chi connectivity index (χ4n) is 1.79. The number of alkyl halides is 1. The van der Waals surface area contributed by atoms with E-state index in [-0.39, 0.29) is 5.92 Å². The highest BCUT2D eigenvalue weighted by Crippen LogP contribution is 2.03. The Morgan fingerprint density at radius 1 is 0.762 bits per heavy atom. The lowest BCUT2D eigenvalue weighted by Crippen LogP contribution is -1.83. The van der Waals surface area contributed by atoms with Gasteiger partial charge in [-0.1, -0.05) is 56.3 Å². The Kier molecular flexibility index (Phi) is 16.2. The predicted molar refractivity (Wildman–Crippen MR) is 95.1 cm³/mol. The van der Waals surface area contributed by atoms with Gasteiger partial charge in [0.05, 0.1) is 12.3 Å². The molecule has 0 rings (SSSR count). The monoisotopic (exact) mass is 304 g/mol. The van der Waals surface area contributed by atoms with E-state index in [1.54, 1.807) is 0 Å². The Balaban J connectivity index is 3.63. The van der Waals surface area contributed by atoms with Crippen LogP contribution in [0.4, 0.5) is 0 Å². The minimum atomic E-state index is 0.170. The maximum absolute atomic E-state index is 5.63. The van der Waals surface area contributed by atoms with Crippen molar-refractivity contribution in [2.45, 2.75) is 78.1 Å². The number of halogens is 1. The van der Waals surface area contributed by atoms with E-state index in [0.717, 1.165) is 25.1 Å². The summed E-state index contributed by atoms with van der Waals surface area (Å²) in [5, 5.41) is 0.